The van der Waals surface area contributed by atoms with Crippen LogP contribution < -0.4 is 15.2 Å². The Kier molecular flexibility index (Phi) is 4.89. The Morgan fingerprint density at radius 2 is 2.10 bits per heavy atom. The monoisotopic (exact) mass is 454 g/mol. The lowest BCUT2D eigenvalue weighted by Crippen LogP contribution is -2.26. The fraction of sp³-hybridized carbons (Fsp3) is 0.227. The van der Waals surface area contributed by atoms with Gasteiger partial charge in [0.15, 0.2) is 11.5 Å². The van der Waals surface area contributed by atoms with Crippen LogP contribution in [0.1, 0.15) is 17.9 Å². The van der Waals surface area contributed by atoms with Gasteiger partial charge in [0.1, 0.15) is 23.2 Å². The molecule has 2 atom stereocenters. The van der Waals surface area contributed by atoms with Crippen LogP contribution in [0.15, 0.2) is 75.0 Å². The number of rotatable bonds is 3. The molecule has 0 bridgehead atoms. The molecule has 2 unspecified atom stereocenters. The Balaban J connectivity index is 1.92. The first kappa shape index (κ1) is 19.2. The predicted octanol–water partition coefficient (Wildman–Crippen LogP) is 4.49. The second-order valence-corrected chi connectivity index (χ2v) is 7.70. The zero-order chi connectivity index (χ0) is 20.7. The second-order valence-electron chi connectivity index (χ2n) is 6.85. The first-order chi connectivity index (χ1) is 14.0. The van der Waals surface area contributed by atoms with Gasteiger partial charge in [-0.1, -0.05) is 18.2 Å². The molecule has 1 aromatic rings. The van der Waals surface area contributed by atoms with E-state index in [1.54, 1.807) is 26.4 Å². The molecule has 1 aliphatic heterocycles. The molecular formula is C22H19BrN2O4. The number of benzene rings is 1. The summed E-state index contributed by atoms with van der Waals surface area (Å²) in [4.78, 5) is 0. The van der Waals surface area contributed by atoms with Crippen LogP contribution >= 0.6 is 15.9 Å². The van der Waals surface area contributed by atoms with Crippen molar-refractivity contribution in [3.63, 3.8) is 0 Å². The smallest absolute Gasteiger partial charge is 0.205 e. The predicted molar refractivity (Wildman–Crippen MR) is 111 cm³/mol. The van der Waals surface area contributed by atoms with Gasteiger partial charge in [0.05, 0.1) is 24.6 Å². The van der Waals surface area contributed by atoms with Crippen LogP contribution in [-0.4, -0.2) is 19.3 Å². The van der Waals surface area contributed by atoms with E-state index < -0.39 is 5.92 Å². The molecule has 0 saturated carbocycles. The summed E-state index contributed by atoms with van der Waals surface area (Å²) in [6.07, 6.45) is 7.99. The number of nitrogens with zero attached hydrogens (tertiary/aromatic N) is 1. The lowest BCUT2D eigenvalue weighted by Gasteiger charge is -2.35. The minimum absolute atomic E-state index is 0.0613. The average molecular weight is 455 g/mol. The van der Waals surface area contributed by atoms with Crippen LogP contribution in [0.2, 0.25) is 0 Å². The SMILES string of the molecule is COc1cc(C2C3=CCC4C(O)=CC=CC4=C3OC(N)=C2C#N)cc(Br)c1OC. The third kappa shape index (κ3) is 3.00. The molecule has 7 heteroatoms. The number of hydrogen-bond donors (Lipinski definition) is 2. The van der Waals surface area contributed by atoms with Crippen LogP contribution in [-0.2, 0) is 4.74 Å². The lowest BCUT2D eigenvalue weighted by atomic mass is 9.75. The number of allylic oxidation sites excluding steroid dienone is 7. The number of aliphatic hydroxyl groups excluding tert-OH is 1. The molecule has 3 aliphatic rings. The molecule has 29 heavy (non-hydrogen) atoms. The Bertz CT molecular complexity index is 1090. The van der Waals surface area contributed by atoms with E-state index in [-0.39, 0.29) is 17.6 Å². The molecule has 3 N–H and O–H groups in total. The van der Waals surface area contributed by atoms with Crippen LogP contribution in [0, 0.1) is 17.2 Å². The molecule has 0 fully saturated rings. The van der Waals surface area contributed by atoms with Gasteiger partial charge >= 0.3 is 0 Å². The average Bonchev–Trinajstić information content (AvgIpc) is 2.72. The largest absolute Gasteiger partial charge is 0.512 e. The fourth-order valence-corrected chi connectivity index (χ4v) is 4.65. The maximum atomic E-state index is 10.3. The van der Waals surface area contributed by atoms with Crippen LogP contribution in [0.4, 0.5) is 0 Å². The van der Waals surface area contributed by atoms with Gasteiger partial charge in [0.2, 0.25) is 5.88 Å². The van der Waals surface area contributed by atoms with Crippen molar-refractivity contribution in [1.82, 2.24) is 0 Å². The third-order valence-electron chi connectivity index (χ3n) is 5.36. The zero-order valence-electron chi connectivity index (χ0n) is 15.9. The molecule has 1 heterocycles. The van der Waals surface area contributed by atoms with Crippen molar-refractivity contribution in [2.45, 2.75) is 12.3 Å². The Morgan fingerprint density at radius 1 is 1.31 bits per heavy atom. The van der Waals surface area contributed by atoms with Gasteiger partial charge in [0.25, 0.3) is 0 Å². The number of methoxy groups -OCH3 is 2. The number of nitrogens with two attached hydrogens (primary N) is 1. The van der Waals surface area contributed by atoms with Crippen molar-refractivity contribution >= 4 is 15.9 Å². The summed E-state index contributed by atoms with van der Waals surface area (Å²) < 4.78 is 17.5. The van der Waals surface area contributed by atoms with Crippen molar-refractivity contribution in [1.29, 1.82) is 5.26 Å². The standard InChI is InChI=1S/C22H19BrN2O4/c1-27-18-9-11(8-16(23)21(18)28-2)19-14-7-6-12-13(4-3-5-17(12)26)20(14)29-22(25)15(19)10-24/h3-5,7-9,12,19,26H,6,25H2,1-2H3. The number of nitriles is 1. The highest BCUT2D eigenvalue weighted by Gasteiger charge is 2.39. The van der Waals surface area contributed by atoms with E-state index in [1.165, 1.54) is 0 Å². The maximum absolute atomic E-state index is 10.3. The first-order valence-electron chi connectivity index (χ1n) is 9.01. The first-order valence-corrected chi connectivity index (χ1v) is 9.80. The van der Waals surface area contributed by atoms with Gasteiger partial charge in [-0.2, -0.15) is 5.26 Å². The maximum Gasteiger partial charge on any atom is 0.205 e. The fourth-order valence-electron chi connectivity index (χ4n) is 4.03. The summed E-state index contributed by atoms with van der Waals surface area (Å²) >= 11 is 3.52. The highest BCUT2D eigenvalue weighted by Crippen LogP contribution is 2.50. The highest BCUT2D eigenvalue weighted by atomic mass is 79.9. The van der Waals surface area contributed by atoms with Crippen molar-refractivity contribution in [2.75, 3.05) is 14.2 Å². The highest BCUT2D eigenvalue weighted by molar-refractivity contribution is 9.10. The minimum atomic E-state index is -0.422. The van der Waals surface area contributed by atoms with Crippen LogP contribution in [0.3, 0.4) is 0 Å². The van der Waals surface area contributed by atoms with Gasteiger partial charge in [-0.05, 0) is 46.1 Å². The van der Waals surface area contributed by atoms with Gasteiger partial charge in [-0.3, -0.25) is 0 Å². The van der Waals surface area contributed by atoms with Gasteiger partial charge in [-0.15, -0.1) is 0 Å². The third-order valence-corrected chi connectivity index (χ3v) is 5.95. The number of ether oxygens (including phenoxy) is 3. The van der Waals surface area contributed by atoms with Gasteiger partial charge in [-0.25, -0.2) is 0 Å². The van der Waals surface area contributed by atoms with Gasteiger partial charge < -0.3 is 25.1 Å². The molecule has 0 saturated heterocycles. The normalized spacial score (nSPS) is 22.7. The molecule has 6 nitrogen and oxygen atoms in total. The number of hydrogen-bond acceptors (Lipinski definition) is 6. The summed E-state index contributed by atoms with van der Waals surface area (Å²) in [6, 6.07) is 5.94. The molecule has 0 amide bonds. The lowest BCUT2D eigenvalue weighted by molar-refractivity contribution is 0.269. The van der Waals surface area contributed by atoms with E-state index in [9.17, 15) is 10.4 Å². The minimum Gasteiger partial charge on any atom is -0.512 e. The number of aliphatic hydroxyl groups is 1. The summed E-state index contributed by atoms with van der Waals surface area (Å²) in [5.74, 6) is 1.45. The zero-order valence-corrected chi connectivity index (χ0v) is 17.5. The Morgan fingerprint density at radius 3 is 2.79 bits per heavy atom. The molecule has 0 aromatic heterocycles. The van der Waals surface area contributed by atoms with Crippen LogP contribution in [0.25, 0.3) is 0 Å². The molecule has 2 aliphatic carbocycles. The van der Waals surface area contributed by atoms with E-state index in [1.807, 2.05) is 24.3 Å². The summed E-state index contributed by atoms with van der Waals surface area (Å²) in [5, 5.41) is 20.1. The molecule has 0 spiro atoms. The number of fused-ring (bicyclic) bond motifs is 2. The summed E-state index contributed by atoms with van der Waals surface area (Å²) in [5.41, 5.74) is 9.00. The van der Waals surface area contributed by atoms with Crippen molar-refractivity contribution in [3.05, 3.63) is 80.6 Å². The summed E-state index contributed by atoms with van der Waals surface area (Å²) in [7, 11) is 3.13. The summed E-state index contributed by atoms with van der Waals surface area (Å²) in [6.45, 7) is 0. The van der Waals surface area contributed by atoms with Crippen molar-refractivity contribution in [3.8, 4) is 17.6 Å². The van der Waals surface area contributed by atoms with Gasteiger partial charge in [0, 0.05) is 17.1 Å². The van der Waals surface area contributed by atoms with Crippen LogP contribution in [0.5, 0.6) is 11.5 Å². The van der Waals surface area contributed by atoms with Crippen molar-refractivity contribution in [2.24, 2.45) is 11.7 Å². The Labute approximate surface area is 177 Å². The Hall–Kier alpha value is -3.11. The van der Waals surface area contributed by atoms with E-state index >= 15 is 0 Å². The molecule has 4 rings (SSSR count). The van der Waals surface area contributed by atoms with Crippen molar-refractivity contribution < 1.29 is 19.3 Å². The molecule has 0 radical (unpaired) electrons. The quantitative estimate of drug-likeness (QED) is 0.698. The topological polar surface area (TPSA) is 97.7 Å². The molecule has 148 valence electrons. The van der Waals surface area contributed by atoms with E-state index in [4.69, 9.17) is 19.9 Å². The number of halogens is 1. The van der Waals surface area contributed by atoms with E-state index in [2.05, 4.69) is 22.0 Å². The van der Waals surface area contributed by atoms with E-state index in [0.717, 1.165) is 16.7 Å². The van der Waals surface area contributed by atoms with E-state index in [0.29, 0.717) is 33.7 Å². The molecular weight excluding hydrogens is 436 g/mol. The molecule has 1 aromatic carbocycles. The second kappa shape index (κ2) is 7.37.